The second-order valence-corrected chi connectivity index (χ2v) is 7.11. The first-order valence-electron chi connectivity index (χ1n) is 7.81. The van der Waals surface area contributed by atoms with Gasteiger partial charge in [-0.1, -0.05) is 0 Å². The van der Waals surface area contributed by atoms with Gasteiger partial charge in [0.25, 0.3) is 5.56 Å². The van der Waals surface area contributed by atoms with Crippen molar-refractivity contribution in [2.45, 2.75) is 32.9 Å². The van der Waals surface area contributed by atoms with Crippen LogP contribution < -0.4 is 5.56 Å². The van der Waals surface area contributed by atoms with Crippen molar-refractivity contribution in [3.8, 4) is 0 Å². The van der Waals surface area contributed by atoms with Gasteiger partial charge < -0.3 is 4.98 Å². The lowest BCUT2D eigenvalue weighted by Gasteiger charge is -2.16. The molecule has 23 heavy (non-hydrogen) atoms. The molecule has 1 N–H and O–H groups in total. The van der Waals surface area contributed by atoms with Crippen LogP contribution in [0.3, 0.4) is 0 Å². The van der Waals surface area contributed by atoms with Crippen LogP contribution in [0.5, 0.6) is 0 Å². The molecule has 0 spiro atoms. The Labute approximate surface area is 137 Å². The first-order chi connectivity index (χ1) is 11.1. The van der Waals surface area contributed by atoms with Gasteiger partial charge in [0.05, 0.1) is 23.8 Å². The van der Waals surface area contributed by atoms with Gasteiger partial charge in [-0.2, -0.15) is 5.10 Å². The van der Waals surface area contributed by atoms with Crippen molar-refractivity contribution in [2.24, 2.45) is 0 Å². The number of hydrogen-bond acceptors (Lipinski definition) is 5. The lowest BCUT2D eigenvalue weighted by Crippen LogP contribution is -2.24. The van der Waals surface area contributed by atoms with Crippen LogP contribution in [0.4, 0.5) is 0 Å². The Kier molecular flexibility index (Phi) is 3.54. The molecule has 0 radical (unpaired) electrons. The molecular formula is C16H19N5OS. The molecule has 1 atom stereocenters. The number of nitrogens with one attached hydrogen (secondary N) is 1. The maximum atomic E-state index is 12.0. The van der Waals surface area contributed by atoms with Crippen molar-refractivity contribution >= 4 is 21.6 Å². The predicted octanol–water partition coefficient (Wildman–Crippen LogP) is 2.24. The van der Waals surface area contributed by atoms with E-state index in [0.717, 1.165) is 36.5 Å². The van der Waals surface area contributed by atoms with Gasteiger partial charge in [0.2, 0.25) is 0 Å². The van der Waals surface area contributed by atoms with E-state index in [9.17, 15) is 4.79 Å². The van der Waals surface area contributed by atoms with Crippen LogP contribution in [-0.4, -0.2) is 37.7 Å². The summed E-state index contributed by atoms with van der Waals surface area (Å²) in [6.45, 7) is 6.74. The highest BCUT2D eigenvalue weighted by Gasteiger charge is 2.26. The molecule has 0 aliphatic carbocycles. The van der Waals surface area contributed by atoms with Crippen molar-refractivity contribution in [2.75, 3.05) is 13.1 Å². The summed E-state index contributed by atoms with van der Waals surface area (Å²) in [7, 11) is 0. The number of likely N-dealkylation sites (tertiary alicyclic amines) is 1. The SMILES string of the molecule is Cc1cc(C)n([C@H]2CCN(Cc3nc4ccsc4c(=O)[nH]3)C2)n1. The molecule has 4 rings (SSSR count). The van der Waals surface area contributed by atoms with Gasteiger partial charge in [-0.3, -0.25) is 14.4 Å². The predicted molar refractivity (Wildman–Crippen MR) is 90.9 cm³/mol. The Balaban J connectivity index is 1.51. The molecule has 0 bridgehead atoms. The van der Waals surface area contributed by atoms with Gasteiger partial charge in [0.1, 0.15) is 10.5 Å². The first kappa shape index (κ1) is 14.6. The zero-order chi connectivity index (χ0) is 16.0. The highest BCUT2D eigenvalue weighted by atomic mass is 32.1. The third kappa shape index (κ3) is 2.70. The number of thiophene rings is 1. The van der Waals surface area contributed by atoms with Crippen molar-refractivity contribution in [3.63, 3.8) is 0 Å². The maximum Gasteiger partial charge on any atom is 0.268 e. The number of rotatable bonds is 3. The molecule has 7 heteroatoms. The van der Waals surface area contributed by atoms with Crippen molar-refractivity contribution in [1.82, 2.24) is 24.6 Å². The molecule has 1 saturated heterocycles. The zero-order valence-corrected chi connectivity index (χ0v) is 14.1. The van der Waals surface area contributed by atoms with Gasteiger partial charge in [-0.25, -0.2) is 4.98 Å². The van der Waals surface area contributed by atoms with E-state index in [-0.39, 0.29) is 5.56 Å². The Bertz CT molecular complexity index is 909. The number of fused-ring (bicyclic) bond motifs is 1. The summed E-state index contributed by atoms with van der Waals surface area (Å²) < 4.78 is 2.84. The molecule has 0 unspecified atom stereocenters. The van der Waals surface area contributed by atoms with E-state index in [4.69, 9.17) is 0 Å². The average molecular weight is 329 g/mol. The van der Waals surface area contributed by atoms with Gasteiger partial charge in [0, 0.05) is 18.8 Å². The molecule has 1 fully saturated rings. The van der Waals surface area contributed by atoms with Gasteiger partial charge in [-0.05, 0) is 37.8 Å². The summed E-state index contributed by atoms with van der Waals surface area (Å²) in [5, 5.41) is 6.51. The van der Waals surface area contributed by atoms with Crippen LogP contribution in [0, 0.1) is 13.8 Å². The Morgan fingerprint density at radius 2 is 2.30 bits per heavy atom. The number of H-pyrrole nitrogens is 1. The van der Waals surface area contributed by atoms with E-state index in [2.05, 4.69) is 37.6 Å². The average Bonchev–Trinajstić information content (AvgIpc) is 3.19. The van der Waals surface area contributed by atoms with Crippen molar-refractivity contribution < 1.29 is 0 Å². The van der Waals surface area contributed by atoms with Crippen LogP contribution in [0.15, 0.2) is 22.3 Å². The third-order valence-corrected chi connectivity index (χ3v) is 5.28. The fraction of sp³-hybridized carbons (Fsp3) is 0.438. The summed E-state index contributed by atoms with van der Waals surface area (Å²) in [6.07, 6.45) is 1.08. The van der Waals surface area contributed by atoms with E-state index in [0.29, 0.717) is 17.3 Å². The minimum atomic E-state index is -0.0331. The van der Waals surface area contributed by atoms with Gasteiger partial charge in [0.15, 0.2) is 0 Å². The van der Waals surface area contributed by atoms with E-state index in [1.807, 2.05) is 18.4 Å². The van der Waals surface area contributed by atoms with Gasteiger partial charge in [-0.15, -0.1) is 11.3 Å². The van der Waals surface area contributed by atoms with Crippen LogP contribution in [0.25, 0.3) is 10.2 Å². The minimum absolute atomic E-state index is 0.0331. The lowest BCUT2D eigenvalue weighted by atomic mass is 10.2. The number of aromatic amines is 1. The van der Waals surface area contributed by atoms with Crippen LogP contribution in [-0.2, 0) is 6.54 Å². The molecule has 4 heterocycles. The Morgan fingerprint density at radius 1 is 1.43 bits per heavy atom. The topological polar surface area (TPSA) is 66.8 Å². The highest BCUT2D eigenvalue weighted by Crippen LogP contribution is 2.24. The largest absolute Gasteiger partial charge is 0.308 e. The maximum absolute atomic E-state index is 12.0. The second-order valence-electron chi connectivity index (χ2n) is 6.20. The molecule has 120 valence electrons. The van der Waals surface area contributed by atoms with Crippen molar-refractivity contribution in [1.29, 1.82) is 0 Å². The fourth-order valence-corrected chi connectivity index (χ4v) is 4.11. The lowest BCUT2D eigenvalue weighted by molar-refractivity contribution is 0.303. The summed E-state index contributed by atoms with van der Waals surface area (Å²) in [6, 6.07) is 4.42. The van der Waals surface area contributed by atoms with Gasteiger partial charge >= 0.3 is 0 Å². The Morgan fingerprint density at radius 3 is 3.09 bits per heavy atom. The quantitative estimate of drug-likeness (QED) is 0.800. The molecule has 3 aromatic rings. The number of nitrogens with zero attached hydrogens (tertiary/aromatic N) is 4. The molecule has 0 saturated carbocycles. The second kappa shape index (κ2) is 5.58. The van der Waals surface area contributed by atoms with E-state index >= 15 is 0 Å². The van der Waals surface area contributed by atoms with Crippen molar-refractivity contribution in [3.05, 3.63) is 45.1 Å². The molecule has 1 aliphatic rings. The van der Waals surface area contributed by atoms with E-state index < -0.39 is 0 Å². The molecule has 0 aromatic carbocycles. The number of aromatic nitrogens is 4. The summed E-state index contributed by atoms with van der Waals surface area (Å²) in [4.78, 5) is 21.9. The first-order valence-corrected chi connectivity index (χ1v) is 8.69. The standard InChI is InChI=1S/C16H19N5OS/c1-10-7-11(2)21(19-10)12-3-5-20(8-12)9-14-17-13-4-6-23-15(13)16(22)18-14/h4,6-7,12H,3,5,8-9H2,1-2H3,(H,17,18,22)/t12-/m0/s1. The van der Waals surface area contributed by atoms with Crippen LogP contribution >= 0.6 is 11.3 Å². The fourth-order valence-electron chi connectivity index (χ4n) is 3.38. The molecule has 6 nitrogen and oxygen atoms in total. The summed E-state index contributed by atoms with van der Waals surface area (Å²) >= 11 is 1.44. The highest BCUT2D eigenvalue weighted by molar-refractivity contribution is 7.17. The van der Waals surface area contributed by atoms with E-state index in [1.165, 1.54) is 17.0 Å². The molecule has 0 amide bonds. The van der Waals surface area contributed by atoms with Crippen LogP contribution in [0.2, 0.25) is 0 Å². The van der Waals surface area contributed by atoms with E-state index in [1.54, 1.807) is 0 Å². The molecule has 1 aliphatic heterocycles. The monoisotopic (exact) mass is 329 g/mol. The minimum Gasteiger partial charge on any atom is -0.308 e. The summed E-state index contributed by atoms with van der Waals surface area (Å²) in [5.41, 5.74) is 3.03. The normalized spacial score (nSPS) is 19.0. The molecular weight excluding hydrogens is 310 g/mol. The zero-order valence-electron chi connectivity index (χ0n) is 13.2. The summed E-state index contributed by atoms with van der Waals surface area (Å²) in [5.74, 6) is 0.745. The van der Waals surface area contributed by atoms with Crippen LogP contribution in [0.1, 0.15) is 29.7 Å². The Hall–Kier alpha value is -1.99. The third-order valence-electron chi connectivity index (χ3n) is 4.38. The number of aryl methyl sites for hydroxylation is 2. The smallest absolute Gasteiger partial charge is 0.268 e. The molecule has 3 aromatic heterocycles. The number of hydrogen-bond donors (Lipinski definition) is 1.